The summed E-state index contributed by atoms with van der Waals surface area (Å²) in [6.45, 7) is 5.29. The summed E-state index contributed by atoms with van der Waals surface area (Å²) in [5.41, 5.74) is 0. The van der Waals surface area contributed by atoms with E-state index in [2.05, 4.69) is 22.5 Å². The fourth-order valence-corrected chi connectivity index (χ4v) is 1.64. The second kappa shape index (κ2) is 11.4. The molecule has 0 aromatic heterocycles. The first-order chi connectivity index (χ1) is 8.60. The first kappa shape index (κ1) is 17.3. The second-order valence-corrected chi connectivity index (χ2v) is 4.78. The predicted octanol–water partition coefficient (Wildman–Crippen LogP) is 2.65. The zero-order chi connectivity index (χ0) is 13.8. The number of carbonyl (C=O) groups is 2. The molecule has 0 aromatic rings. The van der Waals surface area contributed by atoms with Crippen molar-refractivity contribution in [3.63, 3.8) is 0 Å². The van der Waals surface area contributed by atoms with Gasteiger partial charge in [0.1, 0.15) is 12.7 Å². The summed E-state index contributed by atoms with van der Waals surface area (Å²) in [5.74, 6) is -0.390. The molecule has 0 spiro atoms. The van der Waals surface area contributed by atoms with E-state index in [-0.39, 0.29) is 31.1 Å². The highest BCUT2D eigenvalue weighted by Crippen LogP contribution is 2.04. The van der Waals surface area contributed by atoms with Gasteiger partial charge in [-0.3, -0.25) is 9.59 Å². The maximum absolute atomic E-state index is 11.4. The highest BCUT2D eigenvalue weighted by molar-refractivity contribution is 9.09. The van der Waals surface area contributed by atoms with Gasteiger partial charge >= 0.3 is 5.97 Å². The van der Waals surface area contributed by atoms with E-state index in [4.69, 9.17) is 9.47 Å². The minimum Gasteiger partial charge on any atom is -0.460 e. The normalized spacial score (nSPS) is 11.9. The van der Waals surface area contributed by atoms with E-state index in [1.165, 1.54) is 6.08 Å². The van der Waals surface area contributed by atoms with E-state index in [1.54, 1.807) is 6.92 Å². The molecule has 0 rings (SSSR count). The van der Waals surface area contributed by atoms with E-state index < -0.39 is 0 Å². The number of carbonyl (C=O) groups excluding carboxylic acids is 2. The van der Waals surface area contributed by atoms with Crippen LogP contribution in [0.25, 0.3) is 0 Å². The van der Waals surface area contributed by atoms with Crippen LogP contribution in [0, 0.1) is 0 Å². The average Bonchev–Trinajstić information content (AvgIpc) is 2.34. The highest BCUT2D eigenvalue weighted by atomic mass is 79.9. The third-order valence-electron chi connectivity index (χ3n) is 2.17. The van der Waals surface area contributed by atoms with Crippen molar-refractivity contribution >= 4 is 27.7 Å². The molecule has 0 saturated carbocycles. The Morgan fingerprint density at radius 1 is 1.33 bits per heavy atom. The lowest BCUT2D eigenvalue weighted by atomic mass is 10.2. The van der Waals surface area contributed by atoms with E-state index in [9.17, 15) is 9.59 Å². The molecule has 0 aliphatic heterocycles. The molecule has 0 amide bonds. The SMILES string of the molecule is C=CC(=O)COCC(C)OC(=O)CCCCCBr. The third kappa shape index (κ3) is 10.5. The van der Waals surface area contributed by atoms with Gasteiger partial charge in [0, 0.05) is 11.8 Å². The van der Waals surface area contributed by atoms with Crippen molar-refractivity contribution in [3.05, 3.63) is 12.7 Å². The molecule has 0 saturated heterocycles. The Morgan fingerprint density at radius 2 is 2.06 bits per heavy atom. The van der Waals surface area contributed by atoms with Gasteiger partial charge in [0.15, 0.2) is 5.78 Å². The summed E-state index contributed by atoms with van der Waals surface area (Å²) >= 11 is 3.34. The van der Waals surface area contributed by atoms with Crippen molar-refractivity contribution in [2.24, 2.45) is 0 Å². The van der Waals surface area contributed by atoms with Gasteiger partial charge in [-0.15, -0.1) is 0 Å². The number of hydrogen-bond donors (Lipinski definition) is 0. The quantitative estimate of drug-likeness (QED) is 0.254. The van der Waals surface area contributed by atoms with Crippen LogP contribution in [0.5, 0.6) is 0 Å². The van der Waals surface area contributed by atoms with E-state index in [0.717, 1.165) is 24.6 Å². The first-order valence-corrected chi connectivity index (χ1v) is 7.20. The fraction of sp³-hybridized carbons (Fsp3) is 0.692. The monoisotopic (exact) mass is 320 g/mol. The van der Waals surface area contributed by atoms with E-state index in [0.29, 0.717) is 6.42 Å². The van der Waals surface area contributed by atoms with Crippen molar-refractivity contribution in [2.75, 3.05) is 18.5 Å². The minimum atomic E-state index is -0.328. The number of esters is 1. The third-order valence-corrected chi connectivity index (χ3v) is 2.73. The van der Waals surface area contributed by atoms with Gasteiger partial charge in [-0.1, -0.05) is 28.9 Å². The molecule has 104 valence electrons. The second-order valence-electron chi connectivity index (χ2n) is 3.99. The van der Waals surface area contributed by atoms with E-state index in [1.807, 2.05) is 0 Å². The molecule has 0 aliphatic carbocycles. The number of hydrogen-bond acceptors (Lipinski definition) is 4. The molecule has 0 aromatic carbocycles. The number of ketones is 1. The predicted molar refractivity (Wildman–Crippen MR) is 73.8 cm³/mol. The molecule has 1 unspecified atom stereocenters. The lowest BCUT2D eigenvalue weighted by molar-refractivity contribution is -0.151. The molecule has 0 bridgehead atoms. The van der Waals surface area contributed by atoms with Gasteiger partial charge in [-0.05, 0) is 25.8 Å². The van der Waals surface area contributed by atoms with Crippen LogP contribution < -0.4 is 0 Å². The fourth-order valence-electron chi connectivity index (χ4n) is 1.24. The Balaban J connectivity index is 3.54. The number of rotatable bonds is 11. The maximum Gasteiger partial charge on any atom is 0.306 e. The molecule has 4 nitrogen and oxygen atoms in total. The van der Waals surface area contributed by atoms with Crippen molar-refractivity contribution in [3.8, 4) is 0 Å². The molecule has 0 fully saturated rings. The topological polar surface area (TPSA) is 52.6 Å². The van der Waals surface area contributed by atoms with Crippen LogP contribution in [0.4, 0.5) is 0 Å². The molecule has 0 N–H and O–H groups in total. The smallest absolute Gasteiger partial charge is 0.306 e. The molecule has 18 heavy (non-hydrogen) atoms. The van der Waals surface area contributed by atoms with Crippen LogP contribution in [-0.4, -0.2) is 36.4 Å². The van der Waals surface area contributed by atoms with Crippen LogP contribution in [-0.2, 0) is 19.1 Å². The average molecular weight is 321 g/mol. The maximum atomic E-state index is 11.4. The van der Waals surface area contributed by atoms with Gasteiger partial charge in [0.05, 0.1) is 6.61 Å². The molecule has 0 heterocycles. The number of unbranched alkanes of at least 4 members (excludes halogenated alkanes) is 2. The number of ether oxygens (including phenoxy) is 2. The van der Waals surface area contributed by atoms with Gasteiger partial charge < -0.3 is 9.47 Å². The Labute approximate surface area is 117 Å². The Hall–Kier alpha value is -0.680. The summed E-state index contributed by atoms with van der Waals surface area (Å²) in [6, 6.07) is 0. The Bertz CT molecular complexity index is 266. The van der Waals surface area contributed by atoms with Gasteiger partial charge in [0.2, 0.25) is 0 Å². The Morgan fingerprint density at radius 3 is 2.67 bits per heavy atom. The van der Waals surface area contributed by atoms with Gasteiger partial charge in [-0.25, -0.2) is 0 Å². The van der Waals surface area contributed by atoms with Crippen molar-refractivity contribution in [1.29, 1.82) is 0 Å². The lowest BCUT2D eigenvalue weighted by Crippen LogP contribution is -2.21. The van der Waals surface area contributed by atoms with Gasteiger partial charge in [0.25, 0.3) is 0 Å². The summed E-state index contributed by atoms with van der Waals surface area (Å²) in [6.07, 6.45) is 4.23. The summed E-state index contributed by atoms with van der Waals surface area (Å²) < 4.78 is 10.2. The van der Waals surface area contributed by atoms with Crippen LogP contribution in [0.2, 0.25) is 0 Å². The molecule has 0 radical (unpaired) electrons. The standard InChI is InChI=1S/C13H21BrO4/c1-3-12(15)10-17-9-11(2)18-13(16)7-5-4-6-8-14/h3,11H,1,4-10H2,2H3. The Kier molecular flexibility index (Phi) is 11.0. The molecule has 1 atom stereocenters. The summed E-state index contributed by atoms with van der Waals surface area (Å²) in [7, 11) is 0. The first-order valence-electron chi connectivity index (χ1n) is 6.08. The zero-order valence-electron chi connectivity index (χ0n) is 10.8. The van der Waals surface area contributed by atoms with Crippen molar-refractivity contribution < 1.29 is 19.1 Å². The summed E-state index contributed by atoms with van der Waals surface area (Å²) in [4.78, 5) is 22.3. The van der Waals surface area contributed by atoms with Crippen LogP contribution in [0.15, 0.2) is 12.7 Å². The van der Waals surface area contributed by atoms with Crippen LogP contribution >= 0.6 is 15.9 Å². The molecule has 5 heteroatoms. The summed E-state index contributed by atoms with van der Waals surface area (Å²) in [5, 5.41) is 0.962. The lowest BCUT2D eigenvalue weighted by Gasteiger charge is -2.13. The largest absolute Gasteiger partial charge is 0.460 e. The van der Waals surface area contributed by atoms with Gasteiger partial charge in [-0.2, -0.15) is 0 Å². The highest BCUT2D eigenvalue weighted by Gasteiger charge is 2.09. The van der Waals surface area contributed by atoms with Crippen molar-refractivity contribution in [2.45, 2.75) is 38.7 Å². The van der Waals surface area contributed by atoms with Crippen molar-refractivity contribution in [1.82, 2.24) is 0 Å². The van der Waals surface area contributed by atoms with E-state index >= 15 is 0 Å². The van der Waals surface area contributed by atoms with Crippen LogP contribution in [0.1, 0.15) is 32.6 Å². The number of alkyl halides is 1. The molecular weight excluding hydrogens is 300 g/mol. The number of halogens is 1. The zero-order valence-corrected chi connectivity index (χ0v) is 12.4. The minimum absolute atomic E-state index is 0.0172. The molecule has 0 aliphatic rings. The molecular formula is C13H21BrO4. The van der Waals surface area contributed by atoms with Crippen LogP contribution in [0.3, 0.4) is 0 Å².